The number of fused-ring (bicyclic) bond motifs is 4. The molecule has 9 heteroatoms. The van der Waals surface area contributed by atoms with Gasteiger partial charge in [-0.15, -0.1) is 0 Å². The van der Waals surface area contributed by atoms with Crippen LogP contribution in [0.2, 0.25) is 0 Å². The number of aliphatic hydroxyl groups is 1. The van der Waals surface area contributed by atoms with Crippen LogP contribution >= 0.6 is 0 Å². The summed E-state index contributed by atoms with van der Waals surface area (Å²) in [5, 5.41) is 14.5. The number of benzene rings is 1. The number of sulfonamides is 1. The second-order valence-corrected chi connectivity index (χ2v) is 14.1. The third-order valence-corrected chi connectivity index (χ3v) is 12.5. The van der Waals surface area contributed by atoms with Crippen LogP contribution in [0, 0.1) is 16.7 Å². The highest BCUT2D eigenvalue weighted by Gasteiger charge is 2.72. The molecule has 1 aromatic carbocycles. The van der Waals surface area contributed by atoms with Crippen LogP contribution in [0.25, 0.3) is 6.08 Å². The predicted octanol–water partition coefficient (Wildman–Crippen LogP) is 2.49. The first-order chi connectivity index (χ1) is 16.9. The fourth-order valence-electron chi connectivity index (χ4n) is 8.21. The number of carbonyl (C=O) groups excluding carboxylic acids is 2. The molecular weight excluding hydrogens is 478 g/mol. The zero-order valence-electron chi connectivity index (χ0n) is 21.0. The van der Waals surface area contributed by atoms with Crippen molar-refractivity contribution in [2.75, 3.05) is 31.9 Å². The number of urea groups is 1. The van der Waals surface area contributed by atoms with Crippen molar-refractivity contribution in [3.8, 4) is 0 Å². The monoisotopic (exact) mass is 513 g/mol. The summed E-state index contributed by atoms with van der Waals surface area (Å²) in [5.74, 6) is -0.398. The van der Waals surface area contributed by atoms with Gasteiger partial charge in [-0.1, -0.05) is 50.3 Å². The molecule has 2 saturated carbocycles. The standard InChI is InChI=1S/C27H35N3O5S/c1-24(2)20-8-10-26(24,27(33,15-20)17-30-22(31)16-28-23(30)32)18-36(34,35)29-13-11-25(12-14-29)9-7-19-5-3-4-6-21(19)25/h3-7,9,20,33H,8,10-18H2,1-2H3,(H,28,32)/t20-,26+,27-/m1/s1. The summed E-state index contributed by atoms with van der Waals surface area (Å²) in [7, 11) is -3.69. The first-order valence-corrected chi connectivity index (χ1v) is 14.6. The smallest absolute Gasteiger partial charge is 0.324 e. The van der Waals surface area contributed by atoms with Crippen molar-refractivity contribution in [2.24, 2.45) is 16.7 Å². The normalized spacial score (nSPS) is 34.5. The largest absolute Gasteiger partial charge is 0.387 e. The second kappa shape index (κ2) is 7.65. The number of nitrogens with zero attached hydrogens (tertiary/aromatic N) is 2. The summed E-state index contributed by atoms with van der Waals surface area (Å²) < 4.78 is 29.5. The molecule has 3 atom stereocenters. The molecule has 2 bridgehead atoms. The Morgan fingerprint density at radius 3 is 2.50 bits per heavy atom. The van der Waals surface area contributed by atoms with E-state index in [1.165, 1.54) is 11.1 Å². The minimum atomic E-state index is -3.69. The van der Waals surface area contributed by atoms with E-state index < -0.39 is 32.5 Å². The molecular formula is C27H35N3O5S. The third kappa shape index (κ3) is 3.15. The Morgan fingerprint density at radius 1 is 1.11 bits per heavy atom. The molecule has 2 N–H and O–H groups in total. The van der Waals surface area contributed by atoms with Gasteiger partial charge in [0.25, 0.3) is 0 Å². The molecule has 1 aromatic rings. The van der Waals surface area contributed by atoms with Crippen LogP contribution in [0.15, 0.2) is 30.3 Å². The maximum absolute atomic E-state index is 14.0. The summed E-state index contributed by atoms with van der Waals surface area (Å²) in [5.41, 5.74) is -0.425. The summed E-state index contributed by atoms with van der Waals surface area (Å²) in [4.78, 5) is 25.7. The lowest BCUT2D eigenvalue weighted by Crippen LogP contribution is -2.60. The molecule has 0 unspecified atom stereocenters. The summed E-state index contributed by atoms with van der Waals surface area (Å²) in [6, 6.07) is 7.81. The molecule has 3 aliphatic carbocycles. The molecule has 0 radical (unpaired) electrons. The van der Waals surface area contributed by atoms with E-state index in [0.29, 0.717) is 25.9 Å². The summed E-state index contributed by atoms with van der Waals surface area (Å²) in [6.07, 6.45) is 7.65. The van der Waals surface area contributed by atoms with E-state index in [1.54, 1.807) is 4.31 Å². The number of allylic oxidation sites excluding steroid dienone is 1. The molecule has 6 rings (SSSR count). The van der Waals surface area contributed by atoms with Gasteiger partial charge >= 0.3 is 6.03 Å². The quantitative estimate of drug-likeness (QED) is 0.589. The molecule has 8 nitrogen and oxygen atoms in total. The summed E-state index contributed by atoms with van der Waals surface area (Å²) in [6.45, 7) is 4.74. The minimum Gasteiger partial charge on any atom is -0.387 e. The highest BCUT2D eigenvalue weighted by molar-refractivity contribution is 7.89. The van der Waals surface area contributed by atoms with E-state index in [4.69, 9.17) is 0 Å². The summed E-state index contributed by atoms with van der Waals surface area (Å²) >= 11 is 0. The fourth-order valence-corrected chi connectivity index (χ4v) is 10.5. The SMILES string of the molecule is CC1(C)[C@@H]2CC[C@@]1(CS(=O)(=O)N1CCC3(C=Cc4ccccc43)CC1)[C@](O)(CN1C(=O)CNC1=O)C2. The lowest BCUT2D eigenvalue weighted by Gasteiger charge is -2.49. The Bertz CT molecular complexity index is 1250. The van der Waals surface area contributed by atoms with Crippen molar-refractivity contribution in [1.29, 1.82) is 0 Å². The number of rotatable bonds is 5. The van der Waals surface area contributed by atoms with E-state index >= 15 is 0 Å². The van der Waals surface area contributed by atoms with Crippen LogP contribution < -0.4 is 5.32 Å². The zero-order chi connectivity index (χ0) is 25.6. The average molecular weight is 514 g/mol. The van der Waals surface area contributed by atoms with E-state index in [1.807, 2.05) is 12.1 Å². The van der Waals surface area contributed by atoms with Crippen molar-refractivity contribution in [3.63, 3.8) is 0 Å². The van der Waals surface area contributed by atoms with Crippen molar-refractivity contribution in [3.05, 3.63) is 41.5 Å². The third-order valence-electron chi connectivity index (χ3n) is 10.5. The van der Waals surface area contributed by atoms with Gasteiger partial charge < -0.3 is 10.4 Å². The number of β-amino-alcohol motifs (C(OH)–C–C–N with tert-alkyl or cyclic N) is 1. The van der Waals surface area contributed by atoms with E-state index in [-0.39, 0.29) is 36.1 Å². The molecule has 194 valence electrons. The Hall–Kier alpha value is -2.23. The molecule has 0 aromatic heterocycles. The van der Waals surface area contributed by atoms with Gasteiger partial charge in [0, 0.05) is 23.9 Å². The Morgan fingerprint density at radius 2 is 1.83 bits per heavy atom. The van der Waals surface area contributed by atoms with Crippen LogP contribution in [0.5, 0.6) is 0 Å². The molecule has 4 fully saturated rings. The van der Waals surface area contributed by atoms with Crippen molar-refractivity contribution in [1.82, 2.24) is 14.5 Å². The van der Waals surface area contributed by atoms with Crippen molar-refractivity contribution in [2.45, 2.75) is 57.0 Å². The first-order valence-electron chi connectivity index (χ1n) is 13.0. The zero-order valence-corrected chi connectivity index (χ0v) is 21.8. The van der Waals surface area contributed by atoms with Gasteiger partial charge in [-0.2, -0.15) is 0 Å². The van der Waals surface area contributed by atoms with Gasteiger partial charge in [0.2, 0.25) is 15.9 Å². The van der Waals surface area contributed by atoms with Gasteiger partial charge in [-0.25, -0.2) is 17.5 Å². The molecule has 1 spiro atoms. The van der Waals surface area contributed by atoms with Crippen molar-refractivity contribution >= 4 is 28.0 Å². The number of nitrogens with one attached hydrogen (secondary N) is 1. The molecule has 36 heavy (non-hydrogen) atoms. The fraction of sp³-hybridized carbons (Fsp3) is 0.630. The lowest BCUT2D eigenvalue weighted by atomic mass is 9.64. The number of imide groups is 1. The van der Waals surface area contributed by atoms with Gasteiger partial charge in [-0.05, 0) is 54.6 Å². The minimum absolute atomic E-state index is 0.0832. The Kier molecular flexibility index (Phi) is 5.12. The highest BCUT2D eigenvalue weighted by atomic mass is 32.2. The number of piperidine rings is 1. The van der Waals surface area contributed by atoms with Gasteiger partial charge in [0.05, 0.1) is 24.4 Å². The molecule has 2 heterocycles. The predicted molar refractivity (Wildman–Crippen MR) is 135 cm³/mol. The van der Waals surface area contributed by atoms with E-state index in [9.17, 15) is 23.1 Å². The topological polar surface area (TPSA) is 107 Å². The van der Waals surface area contributed by atoms with Crippen LogP contribution in [-0.4, -0.2) is 72.2 Å². The van der Waals surface area contributed by atoms with Gasteiger partial charge in [0.1, 0.15) is 0 Å². The van der Waals surface area contributed by atoms with Crippen molar-refractivity contribution < 1.29 is 23.1 Å². The molecule has 2 aliphatic heterocycles. The number of hydrogen-bond acceptors (Lipinski definition) is 5. The maximum atomic E-state index is 14.0. The van der Waals surface area contributed by atoms with Crippen LogP contribution in [0.4, 0.5) is 4.79 Å². The van der Waals surface area contributed by atoms with E-state index in [0.717, 1.165) is 24.2 Å². The van der Waals surface area contributed by atoms with Gasteiger partial charge in [0.15, 0.2) is 0 Å². The first kappa shape index (κ1) is 24.1. The molecule has 2 saturated heterocycles. The van der Waals surface area contributed by atoms with Crippen LogP contribution in [0.3, 0.4) is 0 Å². The number of carbonyl (C=O) groups is 2. The number of amides is 3. The average Bonchev–Trinajstić information content (AvgIpc) is 3.47. The molecule has 3 amide bonds. The van der Waals surface area contributed by atoms with E-state index in [2.05, 4.69) is 43.4 Å². The number of hydrogen-bond donors (Lipinski definition) is 2. The maximum Gasteiger partial charge on any atom is 0.324 e. The second-order valence-electron chi connectivity index (χ2n) is 12.1. The van der Waals surface area contributed by atoms with Gasteiger partial charge in [-0.3, -0.25) is 9.69 Å². The lowest BCUT2D eigenvalue weighted by molar-refractivity contribution is -0.134. The Labute approximate surface area is 212 Å². The van der Waals surface area contributed by atoms with Crippen LogP contribution in [-0.2, 0) is 20.2 Å². The Balaban J connectivity index is 1.25. The molecule has 5 aliphatic rings. The highest BCUT2D eigenvalue weighted by Crippen LogP contribution is 2.70. The van der Waals surface area contributed by atoms with Crippen LogP contribution in [0.1, 0.15) is 57.1 Å².